The lowest BCUT2D eigenvalue weighted by molar-refractivity contribution is 0.112. The van der Waals surface area contributed by atoms with Crippen molar-refractivity contribution in [2.75, 3.05) is 17.1 Å². The van der Waals surface area contributed by atoms with Crippen molar-refractivity contribution >= 4 is 39.1 Å². The minimum absolute atomic E-state index is 0.156. The number of carbonyl (C=O) groups is 1. The average Bonchev–Trinajstić information content (AvgIpc) is 3.10. The van der Waals surface area contributed by atoms with E-state index in [1.165, 1.54) is 10.6 Å². The number of rotatable bonds is 5. The summed E-state index contributed by atoms with van der Waals surface area (Å²) in [7, 11) is -3.45. The summed E-state index contributed by atoms with van der Waals surface area (Å²) in [5.74, 6) is 1.45. The minimum Gasteiger partial charge on any atom is -0.457 e. The third-order valence-electron chi connectivity index (χ3n) is 6.31. The van der Waals surface area contributed by atoms with Crippen LogP contribution in [0, 0.1) is 0 Å². The Morgan fingerprint density at radius 3 is 2.37 bits per heavy atom. The number of halogens is 1. The molecule has 0 saturated carbocycles. The van der Waals surface area contributed by atoms with E-state index in [0.717, 1.165) is 30.3 Å². The first-order valence-corrected chi connectivity index (χ1v) is 13.5. The van der Waals surface area contributed by atoms with E-state index >= 15 is 0 Å². The number of ether oxygens (including phenoxy) is 1. The highest BCUT2D eigenvalue weighted by atomic mass is 35.5. The molecule has 1 unspecified atom stereocenters. The molecule has 0 saturated heterocycles. The number of carbonyl (C=O) groups excluding carboxylic acids is 1. The molecule has 0 bridgehead atoms. The van der Waals surface area contributed by atoms with Crippen LogP contribution in [-0.2, 0) is 10.0 Å². The largest absolute Gasteiger partial charge is 0.457 e. The monoisotopic (exact) mass is 509 g/mol. The van der Waals surface area contributed by atoms with Gasteiger partial charge in [-0.3, -0.25) is 9.10 Å². The maximum atomic E-state index is 12.5. The Balaban J connectivity index is 1.56. The molecule has 0 fully saturated rings. The summed E-state index contributed by atoms with van der Waals surface area (Å²) in [6.07, 6.45) is 5.37. The van der Waals surface area contributed by atoms with E-state index in [0.29, 0.717) is 45.5 Å². The number of benzene rings is 2. The summed E-state index contributed by atoms with van der Waals surface area (Å²) in [5, 5.41) is 5.30. The van der Waals surface area contributed by atoms with Crippen molar-refractivity contribution in [2.24, 2.45) is 0 Å². The number of sulfonamides is 1. The smallest absolute Gasteiger partial charge is 0.232 e. The van der Waals surface area contributed by atoms with Gasteiger partial charge in [0.05, 0.1) is 29.2 Å². The van der Waals surface area contributed by atoms with Crippen LogP contribution in [0.4, 0.5) is 5.69 Å². The molecule has 1 aliphatic rings. The highest BCUT2D eigenvalue weighted by Crippen LogP contribution is 2.38. The van der Waals surface area contributed by atoms with Gasteiger partial charge in [-0.15, -0.1) is 0 Å². The van der Waals surface area contributed by atoms with E-state index in [2.05, 4.69) is 12.0 Å². The number of anilines is 1. The van der Waals surface area contributed by atoms with Crippen LogP contribution in [0.5, 0.6) is 11.5 Å². The van der Waals surface area contributed by atoms with Crippen LogP contribution < -0.4 is 9.04 Å². The fourth-order valence-electron chi connectivity index (χ4n) is 4.53. The molecule has 2 aromatic carbocycles. The molecule has 4 aromatic rings. The Morgan fingerprint density at radius 2 is 1.74 bits per heavy atom. The first-order valence-electron chi connectivity index (χ1n) is 11.3. The second kappa shape index (κ2) is 9.02. The van der Waals surface area contributed by atoms with Gasteiger partial charge in [0.25, 0.3) is 0 Å². The van der Waals surface area contributed by atoms with Crippen molar-refractivity contribution in [3.8, 4) is 22.8 Å². The number of hydrogen-bond donors (Lipinski definition) is 0. The Bertz CT molecular complexity index is 1510. The molecule has 1 aliphatic heterocycles. The topological polar surface area (TPSA) is 81.0 Å². The number of aromatic nitrogens is 2. The van der Waals surface area contributed by atoms with Crippen LogP contribution in [0.2, 0.25) is 5.02 Å². The van der Waals surface area contributed by atoms with Crippen molar-refractivity contribution in [3.05, 3.63) is 76.9 Å². The lowest BCUT2D eigenvalue weighted by Gasteiger charge is -2.23. The number of hydrogen-bond acceptors (Lipinski definition) is 5. The maximum absolute atomic E-state index is 12.5. The summed E-state index contributed by atoms with van der Waals surface area (Å²) < 4.78 is 33.9. The highest BCUT2D eigenvalue weighted by molar-refractivity contribution is 7.92. The molecule has 35 heavy (non-hydrogen) atoms. The van der Waals surface area contributed by atoms with Gasteiger partial charge in [0, 0.05) is 17.1 Å². The van der Waals surface area contributed by atoms with Gasteiger partial charge in [0.1, 0.15) is 17.2 Å². The summed E-state index contributed by atoms with van der Waals surface area (Å²) in [4.78, 5) is 12.2. The van der Waals surface area contributed by atoms with Gasteiger partial charge in [0.2, 0.25) is 10.0 Å². The lowest BCUT2D eigenvalue weighted by Crippen LogP contribution is -2.30. The fourth-order valence-corrected chi connectivity index (χ4v) is 5.62. The van der Waals surface area contributed by atoms with Crippen molar-refractivity contribution in [1.82, 2.24) is 9.61 Å². The molecule has 5 rings (SSSR count). The third-order valence-corrected chi connectivity index (χ3v) is 7.74. The minimum atomic E-state index is -3.45. The number of pyridine rings is 1. The van der Waals surface area contributed by atoms with E-state index in [1.807, 2.05) is 30.3 Å². The normalized spacial score (nSPS) is 16.1. The van der Waals surface area contributed by atoms with Gasteiger partial charge in [0.15, 0.2) is 6.29 Å². The molecule has 0 spiro atoms. The fraction of sp³-hybridized carbons (Fsp3) is 0.231. The van der Waals surface area contributed by atoms with Crippen LogP contribution in [0.3, 0.4) is 0 Å². The Kier molecular flexibility index (Phi) is 6.02. The Hall–Kier alpha value is -3.36. The van der Waals surface area contributed by atoms with E-state index in [1.54, 1.807) is 35.0 Å². The summed E-state index contributed by atoms with van der Waals surface area (Å²) in [6, 6.07) is 16.3. The zero-order chi connectivity index (χ0) is 24.7. The second-order valence-corrected chi connectivity index (χ2v) is 11.1. The quantitative estimate of drug-likeness (QED) is 0.312. The van der Waals surface area contributed by atoms with E-state index in [9.17, 15) is 13.2 Å². The van der Waals surface area contributed by atoms with Crippen LogP contribution in [0.1, 0.15) is 41.6 Å². The van der Waals surface area contributed by atoms with Crippen molar-refractivity contribution in [1.29, 1.82) is 0 Å². The van der Waals surface area contributed by atoms with Crippen LogP contribution >= 0.6 is 11.6 Å². The predicted octanol–water partition coefficient (Wildman–Crippen LogP) is 5.92. The molecule has 9 heteroatoms. The molecule has 0 N–H and O–H groups in total. The summed E-state index contributed by atoms with van der Waals surface area (Å²) >= 11 is 5.93. The number of nitrogens with zero attached hydrogens (tertiary/aromatic N) is 3. The molecular weight excluding hydrogens is 486 g/mol. The zero-order valence-electron chi connectivity index (χ0n) is 19.3. The zero-order valence-corrected chi connectivity index (χ0v) is 20.9. The van der Waals surface area contributed by atoms with Crippen LogP contribution in [0.25, 0.3) is 16.8 Å². The molecule has 180 valence electrons. The van der Waals surface area contributed by atoms with E-state index < -0.39 is 10.0 Å². The SMILES string of the molecule is CC1CCCN(S(C)(=O)=O)c2cn3nc(-c4ccc(Oc5ccc(Cl)cc5)cc4)c(C=O)c3cc21. The van der Waals surface area contributed by atoms with Gasteiger partial charge in [-0.1, -0.05) is 18.5 Å². The number of fused-ring (bicyclic) bond motifs is 2. The Labute approximate surface area is 208 Å². The molecule has 0 radical (unpaired) electrons. The Morgan fingerprint density at radius 1 is 1.09 bits per heavy atom. The standard InChI is InChI=1S/C26H24ClN3O4S/c1-17-4-3-13-30(35(2,32)33)25-15-29-24(14-22(17)25)23(16-31)26(28-29)18-5-9-20(10-6-18)34-21-11-7-19(27)8-12-21/h5-12,14-17H,3-4,13H2,1-2H3. The predicted molar refractivity (Wildman–Crippen MR) is 137 cm³/mol. The number of aldehydes is 1. The summed E-state index contributed by atoms with van der Waals surface area (Å²) in [6.45, 7) is 2.50. The van der Waals surface area contributed by atoms with Crippen molar-refractivity contribution in [2.45, 2.75) is 25.7 Å². The second-order valence-electron chi connectivity index (χ2n) is 8.78. The highest BCUT2D eigenvalue weighted by Gasteiger charge is 2.28. The van der Waals surface area contributed by atoms with Gasteiger partial charge in [-0.25, -0.2) is 12.9 Å². The third kappa shape index (κ3) is 4.51. The van der Waals surface area contributed by atoms with Gasteiger partial charge in [-0.2, -0.15) is 5.10 Å². The van der Waals surface area contributed by atoms with E-state index in [4.69, 9.17) is 16.3 Å². The lowest BCUT2D eigenvalue weighted by atomic mass is 9.96. The maximum Gasteiger partial charge on any atom is 0.232 e. The van der Waals surface area contributed by atoms with Crippen LogP contribution in [-0.4, -0.2) is 37.1 Å². The van der Waals surface area contributed by atoms with Crippen molar-refractivity contribution < 1.29 is 17.9 Å². The molecule has 7 nitrogen and oxygen atoms in total. The molecule has 0 aliphatic carbocycles. The molecular formula is C26H24ClN3O4S. The first kappa shape index (κ1) is 23.4. The van der Waals surface area contributed by atoms with Crippen LogP contribution in [0.15, 0.2) is 60.8 Å². The molecule has 1 atom stereocenters. The first-order chi connectivity index (χ1) is 16.7. The molecule has 3 heterocycles. The van der Waals surface area contributed by atoms with Crippen molar-refractivity contribution in [3.63, 3.8) is 0 Å². The molecule has 2 aromatic heterocycles. The van der Waals surface area contributed by atoms with Gasteiger partial charge < -0.3 is 4.74 Å². The van der Waals surface area contributed by atoms with E-state index in [-0.39, 0.29) is 5.92 Å². The summed E-state index contributed by atoms with van der Waals surface area (Å²) in [5.41, 5.74) is 3.91. The molecule has 0 amide bonds. The van der Waals surface area contributed by atoms with Gasteiger partial charge >= 0.3 is 0 Å². The average molecular weight is 510 g/mol. The van der Waals surface area contributed by atoms with Gasteiger partial charge in [-0.05, 0) is 78.9 Å².